The molecule has 1 aliphatic rings. The summed E-state index contributed by atoms with van der Waals surface area (Å²) in [7, 11) is 3.68. The number of carbonyl (C=O) groups is 1. The number of morpholine rings is 1. The second kappa shape index (κ2) is 9.02. The van der Waals surface area contributed by atoms with Gasteiger partial charge in [0.05, 0.1) is 20.3 Å². The van der Waals surface area contributed by atoms with Crippen LogP contribution in [0.4, 0.5) is 0 Å². The van der Waals surface area contributed by atoms with Gasteiger partial charge in [-0.15, -0.1) is 0 Å². The van der Waals surface area contributed by atoms with Crippen LogP contribution in [0.5, 0.6) is 5.75 Å². The third kappa shape index (κ3) is 4.67. The molecule has 0 radical (unpaired) electrons. The van der Waals surface area contributed by atoms with E-state index in [1.807, 2.05) is 54.4 Å². The van der Waals surface area contributed by atoms with Crippen molar-refractivity contribution < 1.29 is 14.3 Å². The van der Waals surface area contributed by atoms with Gasteiger partial charge < -0.3 is 14.4 Å². The zero-order chi connectivity index (χ0) is 19.2. The molecule has 2 aromatic rings. The first-order valence-electron chi connectivity index (χ1n) is 9.35. The summed E-state index contributed by atoms with van der Waals surface area (Å²) in [5.74, 6) is 0.969. The number of hydrogen-bond donors (Lipinski definition) is 0. The van der Waals surface area contributed by atoms with Crippen molar-refractivity contribution in [2.24, 2.45) is 0 Å². The number of hydrogen-bond acceptors (Lipinski definition) is 4. The highest BCUT2D eigenvalue weighted by Crippen LogP contribution is 2.27. The topological polar surface area (TPSA) is 42.0 Å². The van der Waals surface area contributed by atoms with E-state index in [1.54, 1.807) is 7.11 Å². The lowest BCUT2D eigenvalue weighted by atomic mass is 10.0. The largest absolute Gasteiger partial charge is 0.496 e. The number of likely N-dealkylation sites (N-methyl/N-ethyl adjacent to an activating group) is 1. The van der Waals surface area contributed by atoms with Crippen LogP contribution in [0.2, 0.25) is 0 Å². The number of benzene rings is 2. The van der Waals surface area contributed by atoms with Crippen molar-refractivity contribution in [1.82, 2.24) is 9.80 Å². The maximum atomic E-state index is 13.3. The molecule has 1 aliphatic heterocycles. The van der Waals surface area contributed by atoms with Gasteiger partial charge in [0.15, 0.2) is 0 Å². The Morgan fingerprint density at radius 2 is 1.89 bits per heavy atom. The van der Waals surface area contributed by atoms with Crippen LogP contribution in [0, 0.1) is 6.92 Å². The van der Waals surface area contributed by atoms with Crippen molar-refractivity contribution in [3.05, 3.63) is 65.2 Å². The Morgan fingerprint density at radius 3 is 2.56 bits per heavy atom. The van der Waals surface area contributed by atoms with Crippen LogP contribution in [-0.4, -0.2) is 56.2 Å². The van der Waals surface area contributed by atoms with Crippen molar-refractivity contribution in [2.45, 2.75) is 19.5 Å². The molecule has 0 spiro atoms. The predicted octanol–water partition coefficient (Wildman–Crippen LogP) is 3.04. The Labute approximate surface area is 161 Å². The van der Waals surface area contributed by atoms with Gasteiger partial charge in [0.25, 0.3) is 0 Å². The maximum Gasteiger partial charge on any atom is 0.244 e. The minimum absolute atomic E-state index is 0.124. The number of aryl methyl sites for hydroxylation is 1. The number of carbonyl (C=O) groups excluding carboxylic acids is 1. The van der Waals surface area contributed by atoms with E-state index in [0.717, 1.165) is 16.9 Å². The van der Waals surface area contributed by atoms with E-state index in [2.05, 4.69) is 17.9 Å². The molecule has 1 amide bonds. The minimum atomic E-state index is -0.338. The summed E-state index contributed by atoms with van der Waals surface area (Å²) >= 11 is 0. The zero-order valence-electron chi connectivity index (χ0n) is 16.4. The van der Waals surface area contributed by atoms with Gasteiger partial charge in [0, 0.05) is 25.2 Å². The highest BCUT2D eigenvalue weighted by Gasteiger charge is 2.30. The summed E-state index contributed by atoms with van der Waals surface area (Å²) in [5.41, 5.74) is 3.26. The van der Waals surface area contributed by atoms with Crippen LogP contribution in [0.15, 0.2) is 48.5 Å². The van der Waals surface area contributed by atoms with E-state index in [4.69, 9.17) is 9.47 Å². The third-order valence-electron chi connectivity index (χ3n) is 4.97. The van der Waals surface area contributed by atoms with Gasteiger partial charge in [-0.1, -0.05) is 48.0 Å². The van der Waals surface area contributed by atoms with Crippen LogP contribution in [0.1, 0.15) is 22.7 Å². The molecule has 3 rings (SSSR count). The number of rotatable bonds is 6. The SMILES string of the molecule is COc1ccc(C)cc1CN(C)C(C(=O)N1CCOCC1)c1ccccc1. The number of amides is 1. The van der Waals surface area contributed by atoms with Gasteiger partial charge in [-0.3, -0.25) is 9.69 Å². The summed E-state index contributed by atoms with van der Waals surface area (Å²) in [5, 5.41) is 0. The molecule has 0 aliphatic carbocycles. The number of nitrogens with zero attached hydrogens (tertiary/aromatic N) is 2. The Kier molecular flexibility index (Phi) is 6.48. The second-order valence-electron chi connectivity index (χ2n) is 6.98. The quantitative estimate of drug-likeness (QED) is 0.786. The molecular formula is C22H28N2O3. The molecular weight excluding hydrogens is 340 g/mol. The van der Waals surface area contributed by atoms with E-state index < -0.39 is 0 Å². The molecule has 1 atom stereocenters. The standard InChI is InChI=1S/C22H28N2O3/c1-17-9-10-20(26-3)19(15-17)16-23(2)21(18-7-5-4-6-8-18)22(25)24-11-13-27-14-12-24/h4-10,15,21H,11-14,16H2,1-3H3. The lowest BCUT2D eigenvalue weighted by molar-refractivity contribution is -0.141. The van der Waals surface area contributed by atoms with E-state index in [1.165, 1.54) is 5.56 Å². The van der Waals surface area contributed by atoms with E-state index in [0.29, 0.717) is 32.8 Å². The van der Waals surface area contributed by atoms with Crippen LogP contribution < -0.4 is 4.74 Å². The van der Waals surface area contributed by atoms with E-state index in [-0.39, 0.29) is 11.9 Å². The molecule has 1 unspecified atom stereocenters. The van der Waals surface area contributed by atoms with Crippen molar-refractivity contribution in [3.63, 3.8) is 0 Å². The lowest BCUT2D eigenvalue weighted by Crippen LogP contribution is -2.46. The molecule has 1 heterocycles. The van der Waals surface area contributed by atoms with Gasteiger partial charge in [-0.2, -0.15) is 0 Å². The molecule has 0 aromatic heterocycles. The molecule has 27 heavy (non-hydrogen) atoms. The normalized spacial score (nSPS) is 15.6. The lowest BCUT2D eigenvalue weighted by Gasteiger charge is -2.35. The van der Waals surface area contributed by atoms with Crippen molar-refractivity contribution in [2.75, 3.05) is 40.5 Å². The Balaban J connectivity index is 1.88. The first kappa shape index (κ1) is 19.4. The van der Waals surface area contributed by atoms with Gasteiger partial charge >= 0.3 is 0 Å². The van der Waals surface area contributed by atoms with Gasteiger partial charge in [0.2, 0.25) is 5.91 Å². The molecule has 1 saturated heterocycles. The second-order valence-corrected chi connectivity index (χ2v) is 6.98. The summed E-state index contributed by atoms with van der Waals surface area (Å²) in [4.78, 5) is 17.4. The Morgan fingerprint density at radius 1 is 1.19 bits per heavy atom. The molecule has 0 bridgehead atoms. The monoisotopic (exact) mass is 368 g/mol. The Bertz CT molecular complexity index is 757. The van der Waals surface area contributed by atoms with Crippen LogP contribution >= 0.6 is 0 Å². The highest BCUT2D eigenvalue weighted by molar-refractivity contribution is 5.83. The molecule has 5 heteroatoms. The van der Waals surface area contributed by atoms with Gasteiger partial charge in [0.1, 0.15) is 11.8 Å². The molecule has 0 saturated carbocycles. The molecule has 5 nitrogen and oxygen atoms in total. The molecule has 2 aromatic carbocycles. The molecule has 144 valence electrons. The van der Waals surface area contributed by atoms with E-state index >= 15 is 0 Å². The molecule has 1 fully saturated rings. The number of ether oxygens (including phenoxy) is 2. The fraction of sp³-hybridized carbons (Fsp3) is 0.409. The first-order valence-corrected chi connectivity index (χ1v) is 9.35. The fourth-order valence-electron chi connectivity index (χ4n) is 3.57. The minimum Gasteiger partial charge on any atom is -0.496 e. The summed E-state index contributed by atoms with van der Waals surface area (Å²) in [6, 6.07) is 15.8. The third-order valence-corrected chi connectivity index (χ3v) is 4.97. The average molecular weight is 368 g/mol. The van der Waals surface area contributed by atoms with Crippen LogP contribution in [0.25, 0.3) is 0 Å². The summed E-state index contributed by atoms with van der Waals surface area (Å²) in [6.07, 6.45) is 0. The van der Waals surface area contributed by atoms with Gasteiger partial charge in [-0.05, 0) is 25.6 Å². The van der Waals surface area contributed by atoms with Crippen molar-refractivity contribution >= 4 is 5.91 Å². The average Bonchev–Trinajstić information content (AvgIpc) is 2.70. The first-order chi connectivity index (χ1) is 13.1. The van der Waals surface area contributed by atoms with Crippen molar-refractivity contribution in [1.29, 1.82) is 0 Å². The fourth-order valence-corrected chi connectivity index (χ4v) is 3.57. The smallest absolute Gasteiger partial charge is 0.244 e. The maximum absolute atomic E-state index is 13.3. The van der Waals surface area contributed by atoms with Crippen molar-refractivity contribution in [3.8, 4) is 5.75 Å². The van der Waals surface area contributed by atoms with E-state index in [9.17, 15) is 4.79 Å². The zero-order valence-corrected chi connectivity index (χ0v) is 16.4. The summed E-state index contributed by atoms with van der Waals surface area (Å²) < 4.78 is 10.9. The van der Waals surface area contributed by atoms with Crippen LogP contribution in [0.3, 0.4) is 0 Å². The Hall–Kier alpha value is -2.37. The van der Waals surface area contributed by atoms with Gasteiger partial charge in [-0.25, -0.2) is 0 Å². The highest BCUT2D eigenvalue weighted by atomic mass is 16.5. The van der Waals surface area contributed by atoms with Crippen LogP contribution in [-0.2, 0) is 16.1 Å². The predicted molar refractivity (Wildman–Crippen MR) is 106 cm³/mol. The summed E-state index contributed by atoms with van der Waals surface area (Å²) in [6.45, 7) is 5.18. The number of methoxy groups -OCH3 is 1. The molecule has 0 N–H and O–H groups in total.